The molecule has 0 spiro atoms. The van der Waals surface area contributed by atoms with Crippen LogP contribution < -0.4 is 15.1 Å². The lowest BCUT2D eigenvalue weighted by Crippen LogP contribution is -2.36. The van der Waals surface area contributed by atoms with Crippen molar-refractivity contribution >= 4 is 28.7 Å². The second kappa shape index (κ2) is 8.69. The van der Waals surface area contributed by atoms with Crippen molar-refractivity contribution in [2.24, 2.45) is 0 Å². The summed E-state index contributed by atoms with van der Waals surface area (Å²) in [7, 11) is 0. The number of pyridine rings is 1. The van der Waals surface area contributed by atoms with Crippen LogP contribution >= 0.6 is 12.2 Å². The highest BCUT2D eigenvalue weighted by Gasteiger charge is 2.41. The van der Waals surface area contributed by atoms with Gasteiger partial charge in [0.05, 0.1) is 24.9 Å². The van der Waals surface area contributed by atoms with Gasteiger partial charge in [0, 0.05) is 49.1 Å². The fourth-order valence-corrected chi connectivity index (χ4v) is 4.91. The summed E-state index contributed by atoms with van der Waals surface area (Å²) < 4.78 is 7.77. The van der Waals surface area contributed by atoms with E-state index in [9.17, 15) is 0 Å². The first kappa shape index (κ1) is 20.0. The molecule has 3 aromatic rings. The van der Waals surface area contributed by atoms with Gasteiger partial charge in [-0.25, -0.2) is 0 Å². The van der Waals surface area contributed by atoms with Crippen molar-refractivity contribution in [3.8, 4) is 0 Å². The number of rotatable bonds is 5. The van der Waals surface area contributed by atoms with Crippen LogP contribution in [0.25, 0.3) is 0 Å². The lowest BCUT2D eigenvalue weighted by Gasteiger charge is -2.31. The van der Waals surface area contributed by atoms with E-state index in [1.165, 1.54) is 11.4 Å². The number of morpholine rings is 1. The fourth-order valence-electron chi connectivity index (χ4n) is 4.56. The van der Waals surface area contributed by atoms with Crippen LogP contribution in [0.4, 0.5) is 11.4 Å². The number of nitrogens with zero attached hydrogens (tertiary/aromatic N) is 4. The second-order valence-corrected chi connectivity index (χ2v) is 8.22. The third-order valence-corrected chi connectivity index (χ3v) is 6.43. The molecule has 2 aromatic heterocycles. The minimum atomic E-state index is -0.0205. The van der Waals surface area contributed by atoms with Crippen LogP contribution in [0.1, 0.15) is 30.4 Å². The number of hydrogen-bond donors (Lipinski definition) is 1. The lowest BCUT2D eigenvalue weighted by atomic mass is 10.0. The molecule has 7 heteroatoms. The van der Waals surface area contributed by atoms with Gasteiger partial charge in [-0.15, -0.1) is 0 Å². The molecule has 6 nitrogen and oxygen atoms in total. The molecule has 5 rings (SSSR count). The van der Waals surface area contributed by atoms with E-state index in [-0.39, 0.29) is 12.1 Å². The summed E-state index contributed by atoms with van der Waals surface area (Å²) in [5, 5.41) is 4.27. The van der Waals surface area contributed by atoms with Gasteiger partial charge in [-0.3, -0.25) is 4.98 Å². The normalized spacial score (nSPS) is 21.4. The topological polar surface area (TPSA) is 45.6 Å². The van der Waals surface area contributed by atoms with Crippen LogP contribution in [0.3, 0.4) is 0 Å². The maximum absolute atomic E-state index is 5.84. The number of aromatic nitrogens is 2. The second-order valence-electron chi connectivity index (χ2n) is 7.83. The minimum absolute atomic E-state index is 0.0200. The molecular weight excluding hydrogens is 406 g/mol. The average Bonchev–Trinajstić information content (AvgIpc) is 3.44. The maximum Gasteiger partial charge on any atom is 0.174 e. The molecule has 2 atom stereocenters. The van der Waals surface area contributed by atoms with Gasteiger partial charge in [0.15, 0.2) is 5.11 Å². The highest BCUT2D eigenvalue weighted by molar-refractivity contribution is 7.80. The van der Waals surface area contributed by atoms with Gasteiger partial charge in [-0.2, -0.15) is 0 Å². The molecule has 0 saturated carbocycles. The first-order chi connectivity index (χ1) is 15.3. The predicted octanol–water partition coefficient (Wildman–Crippen LogP) is 3.92. The molecule has 2 saturated heterocycles. The highest BCUT2D eigenvalue weighted by Crippen LogP contribution is 2.41. The molecule has 0 amide bonds. The van der Waals surface area contributed by atoms with Crippen molar-refractivity contribution in [3.63, 3.8) is 0 Å². The number of nitrogens with one attached hydrogen (secondary N) is 1. The van der Waals surface area contributed by atoms with E-state index >= 15 is 0 Å². The quantitative estimate of drug-likeness (QED) is 0.616. The van der Waals surface area contributed by atoms with E-state index in [2.05, 4.69) is 80.3 Å². The molecule has 160 valence electrons. The predicted molar refractivity (Wildman–Crippen MR) is 128 cm³/mol. The summed E-state index contributed by atoms with van der Waals surface area (Å²) in [5.41, 5.74) is 4.52. The average molecular weight is 434 g/mol. The zero-order valence-electron chi connectivity index (χ0n) is 17.6. The summed E-state index contributed by atoms with van der Waals surface area (Å²) in [5.74, 6) is 0. The Morgan fingerprint density at radius 1 is 1.03 bits per heavy atom. The molecule has 0 radical (unpaired) electrons. The van der Waals surface area contributed by atoms with Crippen LogP contribution in [0.2, 0.25) is 0 Å². The van der Waals surface area contributed by atoms with Gasteiger partial charge < -0.3 is 24.4 Å². The van der Waals surface area contributed by atoms with Gasteiger partial charge in [0.1, 0.15) is 6.04 Å². The minimum Gasteiger partial charge on any atom is -0.378 e. The summed E-state index contributed by atoms with van der Waals surface area (Å²) in [4.78, 5) is 9.24. The fraction of sp³-hybridized carbons (Fsp3) is 0.333. The number of benzene rings is 1. The third-order valence-electron chi connectivity index (χ3n) is 6.11. The van der Waals surface area contributed by atoms with Crippen molar-refractivity contribution in [2.45, 2.75) is 25.6 Å². The first-order valence-electron chi connectivity index (χ1n) is 10.8. The number of anilines is 2. The molecule has 31 heavy (non-hydrogen) atoms. The molecule has 2 aliphatic rings. The Morgan fingerprint density at radius 2 is 1.81 bits per heavy atom. The standard InChI is InChI=1S/C24H27N5OS/c1-2-27-13-5-7-21(27)23-22(20-6-3-4-12-25-20)26-24(31)29(23)19-10-8-18(9-11-19)28-14-16-30-17-15-28/h3-13,22-23H,2,14-17H2,1H3,(H,26,31)/t22-,23-/m0/s1. The molecule has 0 aliphatic carbocycles. The monoisotopic (exact) mass is 433 g/mol. The smallest absolute Gasteiger partial charge is 0.174 e. The Labute approximate surface area is 188 Å². The number of hydrogen-bond acceptors (Lipinski definition) is 4. The van der Waals surface area contributed by atoms with E-state index in [0.717, 1.165) is 49.3 Å². The number of ether oxygens (including phenoxy) is 1. The molecular formula is C24H27N5OS. The number of aryl methyl sites for hydroxylation is 1. The summed E-state index contributed by atoms with van der Waals surface area (Å²) in [6, 6.07) is 19.1. The van der Waals surface area contributed by atoms with E-state index in [4.69, 9.17) is 17.0 Å². The van der Waals surface area contributed by atoms with Crippen LogP contribution in [0, 0.1) is 0 Å². The molecule has 2 fully saturated rings. The highest BCUT2D eigenvalue weighted by atomic mass is 32.1. The third kappa shape index (κ3) is 3.79. The largest absolute Gasteiger partial charge is 0.378 e. The van der Waals surface area contributed by atoms with Gasteiger partial charge in [-0.05, 0) is 67.7 Å². The van der Waals surface area contributed by atoms with Crippen molar-refractivity contribution < 1.29 is 4.74 Å². The van der Waals surface area contributed by atoms with Gasteiger partial charge in [0.2, 0.25) is 0 Å². The van der Waals surface area contributed by atoms with Gasteiger partial charge in [-0.1, -0.05) is 6.07 Å². The van der Waals surface area contributed by atoms with Crippen molar-refractivity contribution in [1.82, 2.24) is 14.9 Å². The van der Waals surface area contributed by atoms with Gasteiger partial charge >= 0.3 is 0 Å². The lowest BCUT2D eigenvalue weighted by molar-refractivity contribution is 0.122. The van der Waals surface area contributed by atoms with Crippen molar-refractivity contribution in [2.75, 3.05) is 36.1 Å². The molecule has 2 aliphatic heterocycles. The molecule has 1 aromatic carbocycles. The summed E-state index contributed by atoms with van der Waals surface area (Å²) in [6.45, 7) is 6.49. The molecule has 0 bridgehead atoms. The van der Waals surface area contributed by atoms with E-state index < -0.39 is 0 Å². The van der Waals surface area contributed by atoms with Gasteiger partial charge in [0.25, 0.3) is 0 Å². The van der Waals surface area contributed by atoms with Crippen molar-refractivity contribution in [1.29, 1.82) is 0 Å². The Morgan fingerprint density at radius 3 is 2.52 bits per heavy atom. The van der Waals surface area contributed by atoms with Crippen LogP contribution in [0.5, 0.6) is 0 Å². The zero-order chi connectivity index (χ0) is 21.2. The van der Waals surface area contributed by atoms with Crippen LogP contribution in [-0.2, 0) is 11.3 Å². The Balaban J connectivity index is 1.52. The zero-order valence-corrected chi connectivity index (χ0v) is 18.5. The molecule has 0 unspecified atom stereocenters. The molecule has 1 N–H and O–H groups in total. The van der Waals surface area contributed by atoms with Crippen LogP contribution in [0.15, 0.2) is 67.0 Å². The molecule has 4 heterocycles. The SMILES string of the molecule is CCn1cccc1[C@H]1[C@H](c2ccccn2)NC(=S)N1c1ccc(N2CCOCC2)cc1. The maximum atomic E-state index is 5.84. The Bertz CT molecular complexity index is 1030. The van der Waals surface area contributed by atoms with Crippen molar-refractivity contribution in [3.05, 3.63) is 78.4 Å². The Kier molecular flexibility index (Phi) is 5.61. The van der Waals surface area contributed by atoms with E-state index in [1.54, 1.807) is 0 Å². The van der Waals surface area contributed by atoms with E-state index in [0.29, 0.717) is 0 Å². The van der Waals surface area contributed by atoms with Crippen LogP contribution in [-0.4, -0.2) is 41.0 Å². The summed E-state index contributed by atoms with van der Waals surface area (Å²) in [6.07, 6.45) is 3.97. The summed E-state index contributed by atoms with van der Waals surface area (Å²) >= 11 is 5.84. The Hall–Kier alpha value is -2.90. The number of thiocarbonyl (C=S) groups is 1. The van der Waals surface area contributed by atoms with E-state index in [1.807, 2.05) is 18.3 Å². The first-order valence-corrected chi connectivity index (χ1v) is 11.3.